The summed E-state index contributed by atoms with van der Waals surface area (Å²) in [5.74, 6) is 0.811. The number of aromatic nitrogens is 3. The molecular weight excluding hydrogens is 286 g/mol. The Bertz CT molecular complexity index is 833. The van der Waals surface area contributed by atoms with Gasteiger partial charge in [0, 0.05) is 11.9 Å². The van der Waals surface area contributed by atoms with E-state index in [1.165, 1.54) is 0 Å². The molecule has 0 radical (unpaired) electrons. The molecule has 1 atom stereocenters. The number of fused-ring (bicyclic) bond motifs is 1. The van der Waals surface area contributed by atoms with E-state index in [4.69, 9.17) is 16.9 Å². The van der Waals surface area contributed by atoms with Gasteiger partial charge < -0.3 is 5.32 Å². The summed E-state index contributed by atoms with van der Waals surface area (Å²) in [5.41, 5.74) is 2.10. The van der Waals surface area contributed by atoms with E-state index in [1.807, 2.05) is 47.9 Å². The zero-order valence-electron chi connectivity index (χ0n) is 11.3. The summed E-state index contributed by atoms with van der Waals surface area (Å²) in [5, 5.41) is 21.0. The van der Waals surface area contributed by atoms with Crippen LogP contribution in [0.1, 0.15) is 24.4 Å². The van der Waals surface area contributed by atoms with E-state index < -0.39 is 0 Å². The molecule has 3 aromatic rings. The summed E-state index contributed by atoms with van der Waals surface area (Å²) in [6.07, 6.45) is 1.93. The Labute approximate surface area is 126 Å². The van der Waals surface area contributed by atoms with Crippen LogP contribution in [0.2, 0.25) is 5.02 Å². The quantitative estimate of drug-likeness (QED) is 0.804. The third-order valence-electron chi connectivity index (χ3n) is 3.20. The van der Waals surface area contributed by atoms with Gasteiger partial charge in [-0.2, -0.15) is 5.26 Å². The molecule has 0 saturated heterocycles. The molecule has 21 heavy (non-hydrogen) atoms. The number of anilines is 1. The van der Waals surface area contributed by atoms with Crippen molar-refractivity contribution in [3.8, 4) is 6.07 Å². The van der Waals surface area contributed by atoms with Crippen LogP contribution in [0, 0.1) is 11.3 Å². The number of benzene rings is 1. The fourth-order valence-corrected chi connectivity index (χ4v) is 2.39. The number of halogens is 1. The molecule has 0 saturated carbocycles. The molecule has 0 aliphatic heterocycles. The number of hydrogen-bond donors (Lipinski definition) is 1. The molecule has 0 amide bonds. The minimum absolute atomic E-state index is 0.0496. The molecule has 0 bridgehead atoms. The number of nitrogens with one attached hydrogen (secondary N) is 1. The first-order chi connectivity index (χ1) is 10.2. The summed E-state index contributed by atoms with van der Waals surface area (Å²) in [7, 11) is 0. The van der Waals surface area contributed by atoms with Gasteiger partial charge in [0.1, 0.15) is 6.07 Å². The van der Waals surface area contributed by atoms with E-state index >= 15 is 0 Å². The van der Waals surface area contributed by atoms with Gasteiger partial charge in [-0.15, -0.1) is 10.2 Å². The van der Waals surface area contributed by atoms with Crippen molar-refractivity contribution in [1.29, 1.82) is 5.26 Å². The van der Waals surface area contributed by atoms with Crippen molar-refractivity contribution in [2.75, 3.05) is 5.32 Å². The highest BCUT2D eigenvalue weighted by atomic mass is 35.5. The lowest BCUT2D eigenvalue weighted by atomic mass is 10.2. The second-order valence-electron chi connectivity index (χ2n) is 4.66. The topological polar surface area (TPSA) is 66.0 Å². The van der Waals surface area contributed by atoms with E-state index in [9.17, 15) is 0 Å². The van der Waals surface area contributed by atoms with Gasteiger partial charge in [-0.25, -0.2) is 0 Å². The minimum atomic E-state index is -0.0496. The van der Waals surface area contributed by atoms with Gasteiger partial charge >= 0.3 is 0 Å². The molecule has 1 N–H and O–H groups in total. The van der Waals surface area contributed by atoms with Gasteiger partial charge in [0.15, 0.2) is 11.5 Å². The Morgan fingerprint density at radius 1 is 1.29 bits per heavy atom. The van der Waals surface area contributed by atoms with Crippen LogP contribution in [0.15, 0.2) is 42.6 Å². The maximum Gasteiger partial charge on any atom is 0.160 e. The smallest absolute Gasteiger partial charge is 0.160 e. The predicted molar refractivity (Wildman–Crippen MR) is 81.2 cm³/mol. The highest BCUT2D eigenvalue weighted by Crippen LogP contribution is 2.23. The molecule has 0 spiro atoms. The SMILES string of the molecule is CC(Nc1ccc(C#N)c(Cl)c1)c1nnc2ccccn12. The molecular formula is C15H12ClN5. The summed E-state index contributed by atoms with van der Waals surface area (Å²) in [4.78, 5) is 0. The lowest BCUT2D eigenvalue weighted by molar-refractivity contribution is 0.773. The van der Waals surface area contributed by atoms with Crippen LogP contribution in [-0.2, 0) is 0 Å². The van der Waals surface area contributed by atoms with Crippen LogP contribution in [-0.4, -0.2) is 14.6 Å². The molecule has 104 valence electrons. The lowest BCUT2D eigenvalue weighted by Crippen LogP contribution is -2.10. The summed E-state index contributed by atoms with van der Waals surface area (Å²) >= 11 is 6.04. The molecule has 1 unspecified atom stereocenters. The van der Waals surface area contributed by atoms with Crippen LogP contribution in [0.4, 0.5) is 5.69 Å². The number of rotatable bonds is 3. The minimum Gasteiger partial charge on any atom is -0.375 e. The van der Waals surface area contributed by atoms with Crippen molar-refractivity contribution in [3.63, 3.8) is 0 Å². The van der Waals surface area contributed by atoms with Gasteiger partial charge in [-0.05, 0) is 37.3 Å². The molecule has 0 aliphatic rings. The highest BCUT2D eigenvalue weighted by molar-refractivity contribution is 6.32. The highest BCUT2D eigenvalue weighted by Gasteiger charge is 2.13. The van der Waals surface area contributed by atoms with Crippen molar-refractivity contribution in [2.24, 2.45) is 0 Å². The maximum atomic E-state index is 8.88. The number of hydrogen-bond acceptors (Lipinski definition) is 4. The molecule has 3 rings (SSSR count). The van der Waals surface area contributed by atoms with Crippen molar-refractivity contribution in [1.82, 2.24) is 14.6 Å². The van der Waals surface area contributed by atoms with Crippen LogP contribution < -0.4 is 5.32 Å². The van der Waals surface area contributed by atoms with Crippen LogP contribution in [0.25, 0.3) is 5.65 Å². The van der Waals surface area contributed by atoms with Crippen molar-refractivity contribution in [3.05, 3.63) is 59.0 Å². The van der Waals surface area contributed by atoms with Crippen molar-refractivity contribution in [2.45, 2.75) is 13.0 Å². The molecule has 2 aromatic heterocycles. The first kappa shape index (κ1) is 13.4. The lowest BCUT2D eigenvalue weighted by Gasteiger charge is -2.14. The maximum absolute atomic E-state index is 8.88. The van der Waals surface area contributed by atoms with E-state index in [0.717, 1.165) is 17.2 Å². The van der Waals surface area contributed by atoms with Gasteiger partial charge in [0.05, 0.1) is 16.6 Å². The van der Waals surface area contributed by atoms with E-state index in [-0.39, 0.29) is 6.04 Å². The number of nitrogens with zero attached hydrogens (tertiary/aromatic N) is 4. The molecule has 6 heteroatoms. The third-order valence-corrected chi connectivity index (χ3v) is 3.51. The van der Waals surface area contributed by atoms with Crippen LogP contribution >= 0.6 is 11.6 Å². The molecule has 0 aliphatic carbocycles. The second kappa shape index (κ2) is 5.43. The van der Waals surface area contributed by atoms with Gasteiger partial charge in [0.2, 0.25) is 0 Å². The fraction of sp³-hybridized carbons (Fsp3) is 0.133. The summed E-state index contributed by atoms with van der Waals surface area (Å²) in [6.45, 7) is 2.00. The van der Waals surface area contributed by atoms with Crippen LogP contribution in [0.5, 0.6) is 0 Å². The Kier molecular flexibility index (Phi) is 3.46. The van der Waals surface area contributed by atoms with Gasteiger partial charge in [-0.3, -0.25) is 4.40 Å². The Morgan fingerprint density at radius 2 is 2.14 bits per heavy atom. The average Bonchev–Trinajstić information content (AvgIpc) is 2.91. The summed E-state index contributed by atoms with van der Waals surface area (Å²) < 4.78 is 1.93. The first-order valence-electron chi connectivity index (χ1n) is 6.45. The average molecular weight is 298 g/mol. The van der Waals surface area contributed by atoms with Gasteiger partial charge in [0.25, 0.3) is 0 Å². The fourth-order valence-electron chi connectivity index (χ4n) is 2.17. The zero-order valence-corrected chi connectivity index (χ0v) is 12.0. The zero-order chi connectivity index (χ0) is 14.8. The summed E-state index contributed by atoms with van der Waals surface area (Å²) in [6, 6.07) is 13.0. The van der Waals surface area contributed by atoms with E-state index in [2.05, 4.69) is 15.5 Å². The molecule has 5 nitrogen and oxygen atoms in total. The normalized spacial score (nSPS) is 12.0. The second-order valence-corrected chi connectivity index (χ2v) is 5.07. The number of pyridine rings is 1. The van der Waals surface area contributed by atoms with E-state index in [1.54, 1.807) is 12.1 Å². The Morgan fingerprint density at radius 3 is 2.90 bits per heavy atom. The monoisotopic (exact) mass is 297 g/mol. The first-order valence-corrected chi connectivity index (χ1v) is 6.82. The number of nitriles is 1. The molecule has 1 aromatic carbocycles. The standard InChI is InChI=1S/C15H12ClN5/c1-10(15-20-19-14-4-2-3-7-21(14)15)18-12-6-5-11(9-17)13(16)8-12/h2-8,10,18H,1H3. The third kappa shape index (κ3) is 2.54. The Hall–Kier alpha value is -2.58. The molecule has 0 fully saturated rings. The predicted octanol–water partition coefficient (Wildman–Crippen LogP) is 3.43. The van der Waals surface area contributed by atoms with Crippen molar-refractivity contribution >= 4 is 22.9 Å². The van der Waals surface area contributed by atoms with Crippen LogP contribution in [0.3, 0.4) is 0 Å². The van der Waals surface area contributed by atoms with E-state index in [0.29, 0.717) is 10.6 Å². The van der Waals surface area contributed by atoms with Crippen molar-refractivity contribution < 1.29 is 0 Å². The van der Waals surface area contributed by atoms with Gasteiger partial charge in [-0.1, -0.05) is 17.7 Å². The largest absolute Gasteiger partial charge is 0.375 e. The Balaban J connectivity index is 1.88. The molecule has 2 heterocycles.